The van der Waals surface area contributed by atoms with Crippen LogP contribution in [0.1, 0.15) is 47.6 Å². The second-order valence-electron chi connectivity index (χ2n) is 9.69. The van der Waals surface area contributed by atoms with Crippen LogP contribution in [0.2, 0.25) is 0 Å². The molecule has 2 aliphatic rings. The van der Waals surface area contributed by atoms with Crippen molar-refractivity contribution in [3.63, 3.8) is 0 Å². The van der Waals surface area contributed by atoms with Gasteiger partial charge in [-0.2, -0.15) is 5.10 Å². The fourth-order valence-electron chi connectivity index (χ4n) is 5.15. The van der Waals surface area contributed by atoms with Crippen LogP contribution in [0.5, 0.6) is 0 Å². The van der Waals surface area contributed by atoms with Crippen molar-refractivity contribution in [1.82, 2.24) is 9.91 Å². The number of nitrogens with zero attached hydrogens (tertiary/aromatic N) is 3. The zero-order valence-electron chi connectivity index (χ0n) is 19.9. The topological polar surface area (TPSA) is 35.9 Å². The van der Waals surface area contributed by atoms with Crippen LogP contribution in [0, 0.1) is 12.8 Å². The summed E-state index contributed by atoms with van der Waals surface area (Å²) in [5, 5.41) is 6.60. The summed E-state index contributed by atoms with van der Waals surface area (Å²) in [5.41, 5.74) is 5.87. The molecule has 34 heavy (non-hydrogen) atoms. The van der Waals surface area contributed by atoms with E-state index >= 15 is 0 Å². The Morgan fingerprint density at radius 2 is 1.53 bits per heavy atom. The first kappa shape index (κ1) is 22.5. The highest BCUT2D eigenvalue weighted by atomic mass is 16.2. The molecule has 2 aliphatic heterocycles. The van der Waals surface area contributed by atoms with Gasteiger partial charge in [-0.05, 0) is 61.9 Å². The largest absolute Gasteiger partial charge is 0.294 e. The molecule has 0 aliphatic carbocycles. The summed E-state index contributed by atoms with van der Waals surface area (Å²) >= 11 is 0. The van der Waals surface area contributed by atoms with Crippen LogP contribution in [0.3, 0.4) is 0 Å². The molecule has 0 unspecified atom stereocenters. The normalized spacial score (nSPS) is 19.3. The van der Waals surface area contributed by atoms with E-state index in [0.717, 1.165) is 55.6 Å². The van der Waals surface area contributed by atoms with Gasteiger partial charge >= 0.3 is 0 Å². The smallest absolute Gasteiger partial charge is 0.257 e. The Bertz CT molecular complexity index is 1120. The lowest BCUT2D eigenvalue weighted by molar-refractivity contribution is -0.134. The van der Waals surface area contributed by atoms with Crippen molar-refractivity contribution in [1.29, 1.82) is 0 Å². The molecular formula is C30H33N3O. The van der Waals surface area contributed by atoms with E-state index in [1.165, 1.54) is 11.1 Å². The maximum atomic E-state index is 13.5. The number of hydrazone groups is 1. The van der Waals surface area contributed by atoms with Gasteiger partial charge in [0.25, 0.3) is 5.91 Å². The van der Waals surface area contributed by atoms with Crippen LogP contribution in [0.4, 0.5) is 0 Å². The summed E-state index contributed by atoms with van der Waals surface area (Å²) in [6.45, 7) is 4.48. The number of rotatable bonds is 6. The number of hydrogen-bond donors (Lipinski definition) is 0. The maximum absolute atomic E-state index is 13.5. The third-order valence-corrected chi connectivity index (χ3v) is 7.17. The predicted molar refractivity (Wildman–Crippen MR) is 138 cm³/mol. The third kappa shape index (κ3) is 5.28. The van der Waals surface area contributed by atoms with Gasteiger partial charge in [0.05, 0.1) is 18.3 Å². The molecule has 4 nitrogen and oxygen atoms in total. The van der Waals surface area contributed by atoms with Crippen LogP contribution in [-0.2, 0) is 11.2 Å². The molecule has 0 spiro atoms. The monoisotopic (exact) mass is 451 g/mol. The van der Waals surface area contributed by atoms with E-state index in [9.17, 15) is 4.79 Å². The fourth-order valence-corrected chi connectivity index (χ4v) is 5.15. The molecule has 3 aromatic carbocycles. The second-order valence-corrected chi connectivity index (χ2v) is 9.69. The van der Waals surface area contributed by atoms with Gasteiger partial charge in [0.2, 0.25) is 0 Å². The van der Waals surface area contributed by atoms with E-state index < -0.39 is 0 Å². The second kappa shape index (κ2) is 10.4. The Balaban J connectivity index is 1.25. The number of hydrogen-bond acceptors (Lipinski definition) is 3. The lowest BCUT2D eigenvalue weighted by Gasteiger charge is -2.33. The Morgan fingerprint density at radius 1 is 0.882 bits per heavy atom. The van der Waals surface area contributed by atoms with E-state index in [1.807, 2.05) is 18.2 Å². The quantitative estimate of drug-likeness (QED) is 0.487. The van der Waals surface area contributed by atoms with Crippen LogP contribution in [-0.4, -0.2) is 41.2 Å². The van der Waals surface area contributed by atoms with E-state index in [1.54, 1.807) is 5.01 Å². The van der Waals surface area contributed by atoms with Crippen LogP contribution in [0.15, 0.2) is 90.0 Å². The SMILES string of the molecule is Cc1ccc([C@@H]2CC(c3ccccc3)=NN2C(=O)CN2CCC(Cc3ccccc3)CC2)cc1. The average molecular weight is 452 g/mol. The van der Waals surface area contributed by atoms with Gasteiger partial charge < -0.3 is 0 Å². The summed E-state index contributed by atoms with van der Waals surface area (Å²) < 4.78 is 0. The number of piperidine rings is 1. The van der Waals surface area contributed by atoms with E-state index in [4.69, 9.17) is 5.10 Å². The van der Waals surface area contributed by atoms with Gasteiger partial charge in [-0.3, -0.25) is 9.69 Å². The molecule has 0 radical (unpaired) electrons. The highest BCUT2D eigenvalue weighted by molar-refractivity contribution is 6.03. The zero-order valence-corrected chi connectivity index (χ0v) is 19.9. The van der Waals surface area contributed by atoms with Crippen molar-refractivity contribution in [3.8, 4) is 0 Å². The first-order chi connectivity index (χ1) is 16.7. The van der Waals surface area contributed by atoms with Crippen LogP contribution >= 0.6 is 0 Å². The molecule has 5 rings (SSSR count). The summed E-state index contributed by atoms with van der Waals surface area (Å²) in [6.07, 6.45) is 4.16. The Kier molecular flexibility index (Phi) is 6.87. The number of amides is 1. The lowest BCUT2D eigenvalue weighted by atomic mass is 9.90. The van der Waals surface area contributed by atoms with E-state index in [0.29, 0.717) is 12.5 Å². The summed E-state index contributed by atoms with van der Waals surface area (Å²) in [4.78, 5) is 15.8. The molecule has 4 heteroatoms. The molecule has 1 atom stereocenters. The Morgan fingerprint density at radius 3 is 2.21 bits per heavy atom. The minimum atomic E-state index is -0.0427. The molecule has 2 heterocycles. The molecule has 0 N–H and O–H groups in total. The molecule has 1 fully saturated rings. The molecular weight excluding hydrogens is 418 g/mol. The minimum Gasteiger partial charge on any atom is -0.294 e. The van der Waals surface area contributed by atoms with Gasteiger partial charge in [-0.15, -0.1) is 0 Å². The van der Waals surface area contributed by atoms with Crippen molar-refractivity contribution in [2.24, 2.45) is 11.0 Å². The highest BCUT2D eigenvalue weighted by Crippen LogP contribution is 2.33. The number of aryl methyl sites for hydroxylation is 1. The van der Waals surface area contributed by atoms with Crippen molar-refractivity contribution in [2.75, 3.05) is 19.6 Å². The zero-order chi connectivity index (χ0) is 23.3. The van der Waals surface area contributed by atoms with Crippen molar-refractivity contribution in [2.45, 2.75) is 38.6 Å². The summed E-state index contributed by atoms with van der Waals surface area (Å²) in [5.74, 6) is 0.793. The van der Waals surface area contributed by atoms with Gasteiger partial charge in [0.15, 0.2) is 0 Å². The third-order valence-electron chi connectivity index (χ3n) is 7.17. The maximum Gasteiger partial charge on any atom is 0.257 e. The number of carbonyl (C=O) groups excluding carboxylic acids is 1. The molecule has 0 saturated carbocycles. The predicted octanol–water partition coefficient (Wildman–Crippen LogP) is 5.63. The lowest BCUT2D eigenvalue weighted by Crippen LogP contribution is -2.42. The van der Waals surface area contributed by atoms with Gasteiger partial charge in [0, 0.05) is 6.42 Å². The van der Waals surface area contributed by atoms with Gasteiger partial charge in [0.1, 0.15) is 0 Å². The summed E-state index contributed by atoms with van der Waals surface area (Å²) in [7, 11) is 0. The molecule has 1 saturated heterocycles. The molecule has 3 aromatic rings. The number of carbonyl (C=O) groups is 1. The highest BCUT2D eigenvalue weighted by Gasteiger charge is 2.34. The van der Waals surface area contributed by atoms with Gasteiger partial charge in [-0.1, -0.05) is 90.5 Å². The number of likely N-dealkylation sites (tertiary alicyclic amines) is 1. The van der Waals surface area contributed by atoms with Gasteiger partial charge in [-0.25, -0.2) is 5.01 Å². The van der Waals surface area contributed by atoms with E-state index in [2.05, 4.69) is 78.6 Å². The molecule has 0 aromatic heterocycles. The van der Waals surface area contributed by atoms with Crippen molar-refractivity contribution < 1.29 is 4.79 Å². The standard InChI is InChI=1S/C30H33N3O/c1-23-12-14-27(15-13-23)29-21-28(26-10-6-3-7-11-26)31-33(29)30(34)22-32-18-16-25(17-19-32)20-24-8-4-2-5-9-24/h2-15,25,29H,16-22H2,1H3/t29-/m0/s1. The first-order valence-electron chi connectivity index (χ1n) is 12.4. The van der Waals surface area contributed by atoms with E-state index in [-0.39, 0.29) is 11.9 Å². The average Bonchev–Trinajstić information content (AvgIpc) is 3.33. The summed E-state index contributed by atoms with van der Waals surface area (Å²) in [6, 6.07) is 29.5. The van der Waals surface area contributed by atoms with Crippen molar-refractivity contribution in [3.05, 3.63) is 107 Å². The molecule has 174 valence electrons. The first-order valence-corrected chi connectivity index (χ1v) is 12.4. The van der Waals surface area contributed by atoms with Crippen LogP contribution in [0.25, 0.3) is 0 Å². The number of benzene rings is 3. The molecule has 1 amide bonds. The fraction of sp³-hybridized carbons (Fsp3) is 0.333. The Hall–Kier alpha value is -3.24. The van der Waals surface area contributed by atoms with Crippen molar-refractivity contribution >= 4 is 11.6 Å². The van der Waals surface area contributed by atoms with Crippen LogP contribution < -0.4 is 0 Å². The Labute approximate surface area is 202 Å². The molecule has 0 bridgehead atoms. The minimum absolute atomic E-state index is 0.0427.